The van der Waals surface area contributed by atoms with Crippen LogP contribution in [0.2, 0.25) is 0 Å². The number of amides is 2. The predicted octanol–water partition coefficient (Wildman–Crippen LogP) is 0.977. The Balaban J connectivity index is 1.65. The van der Waals surface area contributed by atoms with Crippen LogP contribution < -0.4 is 0 Å². The number of aromatic nitrogens is 1. The van der Waals surface area contributed by atoms with E-state index in [0.717, 1.165) is 10.3 Å². The molecule has 0 bridgehead atoms. The van der Waals surface area contributed by atoms with Gasteiger partial charge in [-0.25, -0.2) is 18.1 Å². The van der Waals surface area contributed by atoms with Crippen LogP contribution in [-0.4, -0.2) is 60.3 Å². The topological polar surface area (TPSA) is 96.9 Å². The van der Waals surface area contributed by atoms with Gasteiger partial charge in [0.15, 0.2) is 6.61 Å². The Kier molecular flexibility index (Phi) is 3.69. The number of imide groups is 1. The van der Waals surface area contributed by atoms with Crippen molar-refractivity contribution < 1.29 is 22.7 Å². The minimum Gasteiger partial charge on any atom is -0.439 e. The standard InChI is InChI=1S/C16H15N3O5S/c20-14-10-24-16(21)19(14)12-6-8-18(9-12)25(22,23)13-5-1-3-11-4-2-7-17-15(11)13/h1-5,7,12H,6,8-10H2/t12-/m1/s1. The molecule has 2 amide bonds. The van der Waals surface area contributed by atoms with E-state index < -0.39 is 28.1 Å². The van der Waals surface area contributed by atoms with Gasteiger partial charge in [0.05, 0.1) is 11.6 Å². The first-order valence-corrected chi connectivity index (χ1v) is 9.25. The normalized spacial score (nSPS) is 21.9. The number of cyclic esters (lactones) is 1. The van der Waals surface area contributed by atoms with Crippen LogP contribution in [0.15, 0.2) is 41.4 Å². The highest BCUT2D eigenvalue weighted by Crippen LogP contribution is 2.28. The van der Waals surface area contributed by atoms with Crippen LogP contribution in [0.5, 0.6) is 0 Å². The molecule has 25 heavy (non-hydrogen) atoms. The molecule has 1 aromatic heterocycles. The highest BCUT2D eigenvalue weighted by Gasteiger charge is 2.43. The molecule has 0 N–H and O–H groups in total. The molecule has 130 valence electrons. The summed E-state index contributed by atoms with van der Waals surface area (Å²) in [4.78, 5) is 28.8. The Morgan fingerprint density at radius 1 is 1.16 bits per heavy atom. The molecule has 0 saturated carbocycles. The van der Waals surface area contributed by atoms with Crippen molar-refractivity contribution in [3.63, 3.8) is 0 Å². The van der Waals surface area contributed by atoms with Crippen molar-refractivity contribution in [1.82, 2.24) is 14.2 Å². The highest BCUT2D eigenvalue weighted by molar-refractivity contribution is 7.89. The van der Waals surface area contributed by atoms with Crippen molar-refractivity contribution in [2.45, 2.75) is 17.4 Å². The third-order valence-electron chi connectivity index (χ3n) is 4.49. The fourth-order valence-corrected chi connectivity index (χ4v) is 4.94. The number of ether oxygens (including phenoxy) is 1. The number of nitrogens with zero attached hydrogens (tertiary/aromatic N) is 3. The van der Waals surface area contributed by atoms with Crippen LogP contribution in [-0.2, 0) is 19.6 Å². The van der Waals surface area contributed by atoms with Gasteiger partial charge >= 0.3 is 6.09 Å². The van der Waals surface area contributed by atoms with E-state index in [2.05, 4.69) is 4.98 Å². The molecule has 1 atom stereocenters. The van der Waals surface area contributed by atoms with E-state index in [0.29, 0.717) is 11.9 Å². The number of hydrogen-bond donors (Lipinski definition) is 0. The van der Waals surface area contributed by atoms with Gasteiger partial charge in [0, 0.05) is 24.7 Å². The zero-order valence-corrected chi connectivity index (χ0v) is 14.0. The summed E-state index contributed by atoms with van der Waals surface area (Å²) in [5.41, 5.74) is 0.408. The van der Waals surface area contributed by atoms with E-state index in [4.69, 9.17) is 4.74 Å². The zero-order valence-electron chi connectivity index (χ0n) is 13.2. The second-order valence-corrected chi connectivity index (χ2v) is 7.86. The smallest absolute Gasteiger partial charge is 0.417 e. The van der Waals surface area contributed by atoms with E-state index in [-0.39, 0.29) is 24.6 Å². The first-order valence-electron chi connectivity index (χ1n) is 7.81. The van der Waals surface area contributed by atoms with Gasteiger partial charge in [0.2, 0.25) is 10.0 Å². The van der Waals surface area contributed by atoms with Crippen molar-refractivity contribution in [3.8, 4) is 0 Å². The van der Waals surface area contributed by atoms with E-state index in [1.54, 1.807) is 30.5 Å². The maximum Gasteiger partial charge on any atom is 0.417 e. The molecule has 9 heteroatoms. The summed E-state index contributed by atoms with van der Waals surface area (Å²) < 4.78 is 32.1. The van der Waals surface area contributed by atoms with Gasteiger partial charge in [0.1, 0.15) is 4.90 Å². The largest absolute Gasteiger partial charge is 0.439 e. The summed E-state index contributed by atoms with van der Waals surface area (Å²) in [5, 5.41) is 0.734. The zero-order chi connectivity index (χ0) is 17.6. The van der Waals surface area contributed by atoms with Crippen LogP contribution in [0.25, 0.3) is 10.9 Å². The maximum atomic E-state index is 13.0. The number of pyridine rings is 1. The van der Waals surface area contributed by atoms with Gasteiger partial charge in [-0.1, -0.05) is 18.2 Å². The average molecular weight is 361 g/mol. The summed E-state index contributed by atoms with van der Waals surface area (Å²) in [6.45, 7) is 0.00893. The molecule has 0 aliphatic carbocycles. The third-order valence-corrected chi connectivity index (χ3v) is 6.39. The number of sulfonamides is 1. The first kappa shape index (κ1) is 16.0. The van der Waals surface area contributed by atoms with Crippen LogP contribution >= 0.6 is 0 Å². The molecule has 4 rings (SSSR count). The second-order valence-electron chi connectivity index (χ2n) is 5.96. The number of rotatable bonds is 3. The molecule has 0 unspecified atom stereocenters. The molecule has 2 aliphatic heterocycles. The second kappa shape index (κ2) is 5.78. The molecular formula is C16H15N3O5S. The molecule has 0 spiro atoms. The molecule has 0 radical (unpaired) electrons. The van der Waals surface area contributed by atoms with Crippen LogP contribution in [0.4, 0.5) is 4.79 Å². The Labute approximate surface area is 144 Å². The van der Waals surface area contributed by atoms with E-state index in [1.165, 1.54) is 10.4 Å². The summed E-state index contributed by atoms with van der Waals surface area (Å²) >= 11 is 0. The fourth-order valence-electron chi connectivity index (χ4n) is 3.28. The minimum absolute atomic E-state index is 0.0619. The lowest BCUT2D eigenvalue weighted by molar-refractivity contribution is -0.127. The van der Waals surface area contributed by atoms with Crippen molar-refractivity contribution in [1.29, 1.82) is 0 Å². The summed E-state index contributed by atoms with van der Waals surface area (Å²) in [7, 11) is -3.78. The molecule has 3 heterocycles. The fraction of sp³-hybridized carbons (Fsp3) is 0.312. The van der Waals surface area contributed by atoms with Crippen LogP contribution in [0.1, 0.15) is 6.42 Å². The third kappa shape index (κ3) is 2.56. The number of fused-ring (bicyclic) bond motifs is 1. The van der Waals surface area contributed by atoms with E-state index in [1.807, 2.05) is 0 Å². The Morgan fingerprint density at radius 2 is 1.96 bits per heavy atom. The van der Waals surface area contributed by atoms with Crippen molar-refractivity contribution >= 4 is 32.9 Å². The SMILES string of the molecule is O=C1COC(=O)N1[C@@H]1CCN(S(=O)(=O)c2cccc3cccnc23)C1. The monoisotopic (exact) mass is 361 g/mol. The molecule has 8 nitrogen and oxygen atoms in total. The van der Waals surface area contributed by atoms with Gasteiger partial charge in [-0.2, -0.15) is 4.31 Å². The summed E-state index contributed by atoms with van der Waals surface area (Å²) in [5.74, 6) is -0.430. The molecule has 2 saturated heterocycles. The van der Waals surface area contributed by atoms with Gasteiger partial charge in [-0.05, 0) is 18.6 Å². The Bertz CT molecular complexity index is 953. The van der Waals surface area contributed by atoms with E-state index in [9.17, 15) is 18.0 Å². The Hall–Kier alpha value is -2.52. The first-order chi connectivity index (χ1) is 12.0. The molecule has 2 fully saturated rings. The lowest BCUT2D eigenvalue weighted by Gasteiger charge is -2.20. The van der Waals surface area contributed by atoms with Crippen molar-refractivity contribution in [3.05, 3.63) is 36.5 Å². The molecule has 2 aliphatic rings. The number of para-hydroxylation sites is 1. The van der Waals surface area contributed by atoms with Gasteiger partial charge in [-0.3, -0.25) is 9.78 Å². The summed E-state index contributed by atoms with van der Waals surface area (Å²) in [6, 6.07) is 8.04. The van der Waals surface area contributed by atoms with Gasteiger partial charge in [-0.15, -0.1) is 0 Å². The molecular weight excluding hydrogens is 346 g/mol. The van der Waals surface area contributed by atoms with Crippen LogP contribution in [0.3, 0.4) is 0 Å². The lowest BCUT2D eigenvalue weighted by atomic mass is 10.2. The number of hydrogen-bond acceptors (Lipinski definition) is 6. The number of carbonyl (C=O) groups is 2. The van der Waals surface area contributed by atoms with Crippen LogP contribution in [0, 0.1) is 0 Å². The van der Waals surface area contributed by atoms with Gasteiger partial charge in [0.25, 0.3) is 5.91 Å². The Morgan fingerprint density at radius 3 is 2.72 bits per heavy atom. The van der Waals surface area contributed by atoms with Crippen molar-refractivity contribution in [2.75, 3.05) is 19.7 Å². The van der Waals surface area contributed by atoms with E-state index >= 15 is 0 Å². The average Bonchev–Trinajstić information content (AvgIpc) is 3.21. The summed E-state index contributed by atoms with van der Waals surface area (Å²) in [6.07, 6.45) is 1.23. The quantitative estimate of drug-likeness (QED) is 0.808. The number of carbonyl (C=O) groups excluding carboxylic acids is 2. The van der Waals surface area contributed by atoms with Gasteiger partial charge < -0.3 is 4.74 Å². The number of benzene rings is 1. The molecule has 1 aromatic carbocycles. The minimum atomic E-state index is -3.78. The maximum absolute atomic E-state index is 13.0. The van der Waals surface area contributed by atoms with Crippen molar-refractivity contribution in [2.24, 2.45) is 0 Å². The highest BCUT2D eigenvalue weighted by atomic mass is 32.2. The lowest BCUT2D eigenvalue weighted by Crippen LogP contribution is -2.42. The predicted molar refractivity (Wildman–Crippen MR) is 87.1 cm³/mol. The molecule has 2 aromatic rings.